The van der Waals surface area contributed by atoms with E-state index >= 15 is 0 Å². The Bertz CT molecular complexity index is 482. The molecule has 0 spiro atoms. The molecule has 1 aliphatic rings. The van der Waals surface area contributed by atoms with Crippen LogP contribution in [0.15, 0.2) is 23.1 Å². The van der Waals surface area contributed by atoms with E-state index in [2.05, 4.69) is 4.72 Å². The van der Waals surface area contributed by atoms with Gasteiger partial charge in [0.05, 0.1) is 27.9 Å². The molecule has 0 saturated heterocycles. The molecule has 0 aliphatic heterocycles. The lowest BCUT2D eigenvalue weighted by Gasteiger charge is -2.15. The van der Waals surface area contributed by atoms with Crippen molar-refractivity contribution in [3.05, 3.63) is 34.1 Å². The number of rotatable bonds is 5. The summed E-state index contributed by atoms with van der Waals surface area (Å²) in [6.45, 7) is -0.651. The van der Waals surface area contributed by atoms with E-state index < -0.39 is 40.0 Å². The smallest absolute Gasteiger partial charge is 0.309 e. The Morgan fingerprint density at radius 2 is 2.17 bits per heavy atom. The molecule has 98 valence electrons. The zero-order valence-electron chi connectivity index (χ0n) is 9.19. The van der Waals surface area contributed by atoms with Crippen molar-refractivity contribution in [3.8, 4) is 0 Å². The maximum absolute atomic E-state index is 13.1. The van der Waals surface area contributed by atoms with E-state index in [9.17, 15) is 23.4 Å². The second-order valence-corrected chi connectivity index (χ2v) is 5.37. The summed E-state index contributed by atoms with van der Waals surface area (Å²) in [7, 11) is 0. The maximum Gasteiger partial charge on any atom is 0.309 e. The molecule has 0 heterocycles. The van der Waals surface area contributed by atoms with Crippen LogP contribution in [0.25, 0.3) is 0 Å². The molecule has 1 aromatic rings. The lowest BCUT2D eigenvalue weighted by molar-refractivity contribution is -0.387. The van der Waals surface area contributed by atoms with E-state index in [4.69, 9.17) is 0 Å². The van der Waals surface area contributed by atoms with Crippen molar-refractivity contribution in [1.82, 2.24) is 4.72 Å². The average Bonchev–Trinajstić information content (AvgIpc) is 3.09. The van der Waals surface area contributed by atoms with Crippen molar-refractivity contribution in [3.63, 3.8) is 0 Å². The standard InChI is InChI=1S/C10H10F2N2O3S/c11-6-10(3-4-10)13-18(17)7-1-2-8(12)9(5-7)14(15)16/h1-2,5,13H,3-4,6H2. The molecule has 1 atom stereocenters. The van der Waals surface area contributed by atoms with Crippen molar-refractivity contribution in [1.29, 1.82) is 0 Å². The first kappa shape index (κ1) is 13.2. The fourth-order valence-electron chi connectivity index (χ4n) is 1.42. The van der Waals surface area contributed by atoms with E-state index in [1.54, 1.807) is 0 Å². The van der Waals surface area contributed by atoms with Gasteiger partial charge >= 0.3 is 5.69 Å². The predicted octanol–water partition coefficient (Wildman–Crippen LogP) is 1.85. The van der Waals surface area contributed by atoms with Gasteiger partial charge < -0.3 is 4.55 Å². The second kappa shape index (κ2) is 4.79. The summed E-state index contributed by atoms with van der Waals surface area (Å²) < 4.78 is 40.1. The van der Waals surface area contributed by atoms with Gasteiger partial charge in [0.2, 0.25) is 5.82 Å². The van der Waals surface area contributed by atoms with Crippen LogP contribution in [0.3, 0.4) is 0 Å². The number of hydrogen-bond acceptors (Lipinski definition) is 4. The average molecular weight is 276 g/mol. The van der Waals surface area contributed by atoms with E-state index in [1.165, 1.54) is 6.07 Å². The molecule has 0 amide bonds. The van der Waals surface area contributed by atoms with Gasteiger partial charge in [0.15, 0.2) is 4.90 Å². The molecular formula is C10H10F2N2O3S. The fourth-order valence-corrected chi connectivity index (χ4v) is 2.60. The Morgan fingerprint density at radius 1 is 1.50 bits per heavy atom. The second-order valence-electron chi connectivity index (χ2n) is 4.16. The van der Waals surface area contributed by atoms with Gasteiger partial charge in [0.25, 0.3) is 0 Å². The van der Waals surface area contributed by atoms with Gasteiger partial charge in [-0.05, 0) is 25.0 Å². The van der Waals surface area contributed by atoms with Gasteiger partial charge in [-0.15, -0.1) is 4.72 Å². The molecule has 1 N–H and O–H groups in total. The molecule has 1 aliphatic carbocycles. The van der Waals surface area contributed by atoms with Gasteiger partial charge in [-0.1, -0.05) is 0 Å². The van der Waals surface area contributed by atoms with Crippen LogP contribution in [-0.2, 0) is 11.4 Å². The Balaban J connectivity index is 2.18. The van der Waals surface area contributed by atoms with Crippen LogP contribution in [0.2, 0.25) is 0 Å². The number of nitrogens with one attached hydrogen (secondary N) is 1. The summed E-state index contributed by atoms with van der Waals surface area (Å²) in [5.41, 5.74) is -1.53. The SMILES string of the molecule is O=[N+]([O-])c1cc([S+]([O-])NC2(CF)CC2)ccc1F. The third-order valence-corrected chi connectivity index (χ3v) is 4.05. The summed E-state index contributed by atoms with van der Waals surface area (Å²) in [6.07, 6.45) is 1.14. The highest BCUT2D eigenvalue weighted by molar-refractivity contribution is 7.89. The number of nitro groups is 1. The molecule has 0 radical (unpaired) electrons. The predicted molar refractivity (Wildman–Crippen MR) is 60.5 cm³/mol. The zero-order chi connectivity index (χ0) is 13.3. The number of benzene rings is 1. The largest absolute Gasteiger partial charge is 0.593 e. The van der Waals surface area contributed by atoms with Gasteiger partial charge in [-0.25, -0.2) is 4.39 Å². The first-order chi connectivity index (χ1) is 8.47. The number of nitrogens with zero attached hydrogens (tertiary/aromatic N) is 1. The minimum absolute atomic E-state index is 0.0582. The van der Waals surface area contributed by atoms with Crippen LogP contribution in [0.1, 0.15) is 12.8 Å². The molecule has 18 heavy (non-hydrogen) atoms. The number of halogens is 2. The first-order valence-electron chi connectivity index (χ1n) is 5.17. The molecule has 2 rings (SSSR count). The van der Waals surface area contributed by atoms with Crippen molar-refractivity contribution >= 4 is 17.0 Å². The summed E-state index contributed by atoms with van der Waals surface area (Å²) in [5, 5.41) is 10.5. The van der Waals surface area contributed by atoms with Gasteiger partial charge in [0, 0.05) is 0 Å². The van der Waals surface area contributed by atoms with Crippen LogP contribution < -0.4 is 4.72 Å². The highest BCUT2D eigenvalue weighted by atomic mass is 32.2. The Labute approximate surface area is 105 Å². The Morgan fingerprint density at radius 3 is 2.67 bits per heavy atom. The van der Waals surface area contributed by atoms with Gasteiger partial charge in [0.1, 0.15) is 6.67 Å². The molecular weight excluding hydrogens is 266 g/mol. The van der Waals surface area contributed by atoms with E-state index in [0.717, 1.165) is 12.1 Å². The fraction of sp³-hybridized carbons (Fsp3) is 0.400. The zero-order valence-corrected chi connectivity index (χ0v) is 10.0. The van der Waals surface area contributed by atoms with Crippen molar-refractivity contribution < 1.29 is 18.3 Å². The summed E-state index contributed by atoms with van der Waals surface area (Å²) in [6, 6.07) is 2.95. The van der Waals surface area contributed by atoms with Crippen LogP contribution in [0.4, 0.5) is 14.5 Å². The normalized spacial score (nSPS) is 18.4. The maximum atomic E-state index is 13.1. The topological polar surface area (TPSA) is 78.2 Å². The van der Waals surface area contributed by atoms with Crippen molar-refractivity contribution in [2.45, 2.75) is 23.3 Å². The lowest BCUT2D eigenvalue weighted by atomic mass is 10.3. The molecule has 8 heteroatoms. The number of hydrogen-bond donors (Lipinski definition) is 1. The quantitative estimate of drug-likeness (QED) is 0.505. The third-order valence-electron chi connectivity index (χ3n) is 2.75. The Kier molecular flexibility index (Phi) is 3.51. The minimum Gasteiger partial charge on any atom is -0.593 e. The number of alkyl halides is 1. The third kappa shape index (κ3) is 2.60. The Hall–Kier alpha value is -1.25. The number of nitro benzene ring substituents is 1. The molecule has 0 bridgehead atoms. The van der Waals surface area contributed by atoms with E-state index in [1.807, 2.05) is 0 Å². The molecule has 5 nitrogen and oxygen atoms in total. The van der Waals surface area contributed by atoms with Crippen molar-refractivity contribution in [2.24, 2.45) is 0 Å². The van der Waals surface area contributed by atoms with E-state index in [-0.39, 0.29) is 4.90 Å². The molecule has 1 unspecified atom stereocenters. The highest BCUT2D eigenvalue weighted by Crippen LogP contribution is 2.37. The van der Waals surface area contributed by atoms with Crippen LogP contribution in [0, 0.1) is 15.9 Å². The monoisotopic (exact) mass is 276 g/mol. The highest BCUT2D eigenvalue weighted by Gasteiger charge is 2.47. The molecule has 1 fully saturated rings. The van der Waals surface area contributed by atoms with Crippen molar-refractivity contribution in [2.75, 3.05) is 6.67 Å². The minimum atomic E-state index is -1.79. The van der Waals surface area contributed by atoms with Gasteiger partial charge in [-0.2, -0.15) is 4.39 Å². The summed E-state index contributed by atoms with van der Waals surface area (Å²) >= 11 is -1.79. The first-order valence-corrected chi connectivity index (χ1v) is 6.32. The van der Waals surface area contributed by atoms with Crippen LogP contribution >= 0.6 is 0 Å². The summed E-state index contributed by atoms with van der Waals surface area (Å²) in [4.78, 5) is 9.70. The summed E-state index contributed by atoms with van der Waals surface area (Å²) in [5.74, 6) is -0.993. The van der Waals surface area contributed by atoms with Crippen LogP contribution in [0.5, 0.6) is 0 Å². The molecule has 0 aromatic heterocycles. The molecule has 1 saturated carbocycles. The van der Waals surface area contributed by atoms with Gasteiger partial charge in [-0.3, -0.25) is 10.1 Å². The van der Waals surface area contributed by atoms with Crippen LogP contribution in [-0.4, -0.2) is 21.7 Å². The molecule has 1 aromatic carbocycles. The lowest BCUT2D eigenvalue weighted by Crippen LogP contribution is -2.38. The van der Waals surface area contributed by atoms with E-state index in [0.29, 0.717) is 12.8 Å².